The molecule has 0 spiro atoms. The van der Waals surface area contributed by atoms with E-state index >= 15 is 0 Å². The minimum absolute atomic E-state index is 0.0900. The molecule has 2 aromatic carbocycles. The van der Waals surface area contributed by atoms with E-state index in [-0.39, 0.29) is 29.4 Å². The number of rotatable bonds is 19. The molecule has 1 atom stereocenters. The van der Waals surface area contributed by atoms with Crippen LogP contribution in [0.15, 0.2) is 53.8 Å². The van der Waals surface area contributed by atoms with Crippen molar-refractivity contribution in [3.05, 3.63) is 65.6 Å². The molecule has 8 N–H and O–H groups in total. The number of carboxylic acid groups (broad SMARTS) is 1. The molecule has 2 heterocycles. The number of carboxylic acids is 1. The van der Waals surface area contributed by atoms with Crippen molar-refractivity contribution in [1.29, 1.82) is 0 Å². The number of fused-ring (bicyclic) bond motifs is 1. The van der Waals surface area contributed by atoms with Crippen molar-refractivity contribution in [2.75, 3.05) is 38.1 Å². The van der Waals surface area contributed by atoms with Crippen molar-refractivity contribution in [3.8, 4) is 5.75 Å². The molecule has 4 aromatic rings. The number of anilines is 1. The fraction of sp³-hybridized carbons (Fsp3) is 0.387. The van der Waals surface area contributed by atoms with Crippen LogP contribution in [0.3, 0.4) is 0 Å². The molecule has 48 heavy (non-hydrogen) atoms. The van der Waals surface area contributed by atoms with Crippen LogP contribution in [0.4, 0.5) is 5.95 Å². The Morgan fingerprint density at radius 3 is 2.54 bits per heavy atom. The van der Waals surface area contributed by atoms with Gasteiger partial charge in [-0.3, -0.25) is 19.1 Å². The van der Waals surface area contributed by atoms with E-state index in [4.69, 9.17) is 10.5 Å². The van der Waals surface area contributed by atoms with E-state index in [2.05, 4.69) is 35.7 Å². The number of nitrogens with one attached hydrogen (secondary N) is 5. The molecule has 16 nitrogen and oxygen atoms in total. The van der Waals surface area contributed by atoms with Gasteiger partial charge in [0.15, 0.2) is 5.95 Å². The van der Waals surface area contributed by atoms with Crippen LogP contribution in [0, 0.1) is 13.8 Å². The third-order valence-corrected chi connectivity index (χ3v) is 9.07. The Labute approximate surface area is 277 Å². The van der Waals surface area contributed by atoms with Crippen LogP contribution in [0.2, 0.25) is 0 Å². The van der Waals surface area contributed by atoms with Crippen LogP contribution in [-0.2, 0) is 26.2 Å². The third kappa shape index (κ3) is 9.76. The molecule has 0 saturated carbocycles. The van der Waals surface area contributed by atoms with Crippen LogP contribution in [0.25, 0.3) is 10.9 Å². The summed E-state index contributed by atoms with van der Waals surface area (Å²) < 4.78 is 36.4. The number of aliphatic carboxylic acids is 1. The Morgan fingerprint density at radius 1 is 1.08 bits per heavy atom. The van der Waals surface area contributed by atoms with Gasteiger partial charge in [0.2, 0.25) is 15.9 Å². The van der Waals surface area contributed by atoms with Gasteiger partial charge in [-0.05, 0) is 68.1 Å². The number of carbonyl (C=O) groups excluding carboxylic acids is 2. The summed E-state index contributed by atoms with van der Waals surface area (Å²) in [6.45, 7) is 4.95. The van der Waals surface area contributed by atoms with Crippen molar-refractivity contribution in [2.24, 2.45) is 5.73 Å². The molecule has 0 bridgehead atoms. The average molecular weight is 684 g/mol. The van der Waals surface area contributed by atoms with E-state index in [1.807, 2.05) is 4.68 Å². The lowest BCUT2D eigenvalue weighted by Crippen LogP contribution is -2.48. The van der Waals surface area contributed by atoms with E-state index < -0.39 is 34.5 Å². The van der Waals surface area contributed by atoms with Crippen LogP contribution in [0.5, 0.6) is 5.75 Å². The zero-order valence-corrected chi connectivity index (χ0v) is 27.6. The fourth-order valence-corrected chi connectivity index (χ4v) is 6.71. The SMILES string of the molecule is Cc1cc(OCCCC(=O)NCCN)cc(C)c1S(=O)(=O)NC(CNC(=O)c1ccc2c(cnn2CCCNc2ncc[nH]2)c1)C(=O)O. The topological polar surface area (TPSA) is 235 Å². The second kappa shape index (κ2) is 16.7. The van der Waals surface area contributed by atoms with Crippen LogP contribution in [0.1, 0.15) is 40.7 Å². The number of hydrogen-bond acceptors (Lipinski definition) is 10. The molecular weight excluding hydrogens is 642 g/mol. The van der Waals surface area contributed by atoms with Crippen LogP contribution < -0.4 is 31.1 Å². The van der Waals surface area contributed by atoms with Gasteiger partial charge in [0, 0.05) is 62.5 Å². The maximum absolute atomic E-state index is 13.3. The Bertz CT molecular complexity index is 1800. The summed E-state index contributed by atoms with van der Waals surface area (Å²) in [6.07, 6.45) is 6.52. The normalized spacial score (nSPS) is 12.1. The predicted molar refractivity (Wildman–Crippen MR) is 178 cm³/mol. The number of hydrogen-bond donors (Lipinski definition) is 7. The molecule has 1 unspecified atom stereocenters. The average Bonchev–Trinajstić information content (AvgIpc) is 3.71. The first-order valence-corrected chi connectivity index (χ1v) is 16.9. The highest BCUT2D eigenvalue weighted by Gasteiger charge is 2.29. The Hall–Kier alpha value is -5.00. The van der Waals surface area contributed by atoms with Crippen LogP contribution in [-0.4, -0.2) is 89.9 Å². The number of aromatic nitrogens is 4. The van der Waals surface area contributed by atoms with Gasteiger partial charge in [0.1, 0.15) is 11.8 Å². The number of aryl methyl sites for hydroxylation is 3. The number of carbonyl (C=O) groups is 3. The largest absolute Gasteiger partial charge is 0.494 e. The van der Waals surface area contributed by atoms with E-state index in [1.165, 1.54) is 12.1 Å². The molecular formula is C31H41N9O7S. The first kappa shape index (κ1) is 35.8. The van der Waals surface area contributed by atoms with E-state index in [0.29, 0.717) is 55.4 Å². The Balaban J connectivity index is 1.32. The monoisotopic (exact) mass is 683 g/mol. The van der Waals surface area contributed by atoms with E-state index in [0.717, 1.165) is 17.3 Å². The number of sulfonamides is 1. The van der Waals surface area contributed by atoms with E-state index in [1.54, 1.807) is 50.6 Å². The lowest BCUT2D eigenvalue weighted by Gasteiger charge is -2.19. The van der Waals surface area contributed by atoms with Crippen molar-refractivity contribution in [1.82, 2.24) is 35.1 Å². The fourth-order valence-electron chi connectivity index (χ4n) is 5.07. The first-order chi connectivity index (χ1) is 23.0. The number of nitrogens with two attached hydrogens (primary N) is 1. The standard InChI is InChI=1S/C31H41N9O7S/c1-20-15-24(47-14-3-5-27(41)33-10-8-32)16-21(2)28(20)48(45,46)39-25(30(43)44)19-37-29(42)22-6-7-26-23(17-22)18-38-40(26)13-4-9-34-31-35-11-12-36-31/h6-7,11-12,15-18,25,39H,3-5,8-10,13-14,19,32H2,1-2H3,(H,33,41)(H,37,42)(H,43,44)(H2,34,35,36). The van der Waals surface area contributed by atoms with Gasteiger partial charge in [0.05, 0.1) is 23.2 Å². The number of nitrogens with zero attached hydrogens (tertiary/aromatic N) is 3. The number of ether oxygens (including phenoxy) is 1. The zero-order valence-electron chi connectivity index (χ0n) is 26.8. The number of H-pyrrole nitrogens is 1. The molecule has 0 aliphatic rings. The van der Waals surface area contributed by atoms with Crippen molar-refractivity contribution in [3.63, 3.8) is 0 Å². The van der Waals surface area contributed by atoms with Gasteiger partial charge in [-0.15, -0.1) is 0 Å². The molecule has 4 rings (SSSR count). The summed E-state index contributed by atoms with van der Waals surface area (Å²) in [5.74, 6) is -1.05. The lowest BCUT2D eigenvalue weighted by molar-refractivity contribution is -0.138. The van der Waals surface area contributed by atoms with Gasteiger partial charge in [0.25, 0.3) is 5.91 Å². The highest BCUT2D eigenvalue weighted by atomic mass is 32.2. The lowest BCUT2D eigenvalue weighted by atomic mass is 10.1. The maximum Gasteiger partial charge on any atom is 0.323 e. The second-order valence-corrected chi connectivity index (χ2v) is 12.7. The third-order valence-electron chi connectivity index (χ3n) is 7.29. The Kier molecular flexibility index (Phi) is 12.5. The first-order valence-electron chi connectivity index (χ1n) is 15.4. The maximum atomic E-state index is 13.3. The predicted octanol–water partition coefficient (Wildman–Crippen LogP) is 1.27. The van der Waals surface area contributed by atoms with Gasteiger partial charge in [-0.2, -0.15) is 9.82 Å². The smallest absolute Gasteiger partial charge is 0.323 e. The van der Waals surface area contributed by atoms with Gasteiger partial charge in [-0.1, -0.05) is 0 Å². The zero-order chi connectivity index (χ0) is 34.7. The summed E-state index contributed by atoms with van der Waals surface area (Å²) in [5.41, 5.74) is 7.15. The minimum atomic E-state index is -4.31. The molecule has 0 aliphatic heterocycles. The molecule has 2 aromatic heterocycles. The molecule has 0 aliphatic carbocycles. The molecule has 17 heteroatoms. The molecule has 0 saturated heterocycles. The highest BCUT2D eigenvalue weighted by Crippen LogP contribution is 2.26. The van der Waals surface area contributed by atoms with Gasteiger partial charge in [-0.25, -0.2) is 13.4 Å². The summed E-state index contributed by atoms with van der Waals surface area (Å²) in [4.78, 5) is 43.7. The quantitative estimate of drug-likeness (QED) is 0.0695. The second-order valence-electron chi connectivity index (χ2n) is 11.1. The van der Waals surface area contributed by atoms with Gasteiger partial charge >= 0.3 is 5.97 Å². The molecule has 2 amide bonds. The molecule has 0 radical (unpaired) electrons. The van der Waals surface area contributed by atoms with Gasteiger partial charge < -0.3 is 36.5 Å². The summed E-state index contributed by atoms with van der Waals surface area (Å²) in [7, 11) is -4.31. The van der Waals surface area contributed by atoms with E-state index in [9.17, 15) is 27.9 Å². The summed E-state index contributed by atoms with van der Waals surface area (Å²) in [5, 5.41) is 23.3. The van der Waals surface area contributed by atoms with Crippen molar-refractivity contribution < 1.29 is 32.6 Å². The van der Waals surface area contributed by atoms with Crippen molar-refractivity contribution in [2.45, 2.75) is 50.6 Å². The highest BCUT2D eigenvalue weighted by molar-refractivity contribution is 7.89. The number of imidazole rings is 1. The molecule has 258 valence electrons. The number of aromatic amines is 1. The van der Waals surface area contributed by atoms with Crippen LogP contribution >= 0.6 is 0 Å². The molecule has 0 fully saturated rings. The number of amides is 2. The van der Waals surface area contributed by atoms with Crippen molar-refractivity contribution >= 4 is 44.7 Å². The minimum Gasteiger partial charge on any atom is -0.494 e. The summed E-state index contributed by atoms with van der Waals surface area (Å²) in [6, 6.07) is 6.42. The summed E-state index contributed by atoms with van der Waals surface area (Å²) >= 11 is 0. The Morgan fingerprint density at radius 2 is 1.85 bits per heavy atom. The number of benzene rings is 2.